The van der Waals surface area contributed by atoms with Crippen molar-refractivity contribution >= 4 is 17.9 Å². The Kier molecular flexibility index (Phi) is 5.03. The van der Waals surface area contributed by atoms with Crippen molar-refractivity contribution in [3.63, 3.8) is 0 Å². The van der Waals surface area contributed by atoms with Crippen LogP contribution in [0, 0.1) is 5.92 Å². The Morgan fingerprint density at radius 2 is 2.13 bits per heavy atom. The van der Waals surface area contributed by atoms with Gasteiger partial charge in [-0.05, 0) is 25.8 Å². The molecule has 1 heterocycles. The van der Waals surface area contributed by atoms with Gasteiger partial charge in [-0.1, -0.05) is 18.2 Å². The number of carboxylic acid groups (broad SMARTS) is 1. The minimum atomic E-state index is -1.06. The Bertz CT molecular complexity index is 613. The van der Waals surface area contributed by atoms with E-state index in [1.165, 1.54) is 6.92 Å². The average Bonchev–Trinajstić information content (AvgIpc) is 2.70. The van der Waals surface area contributed by atoms with Gasteiger partial charge in [-0.25, -0.2) is 9.59 Å². The van der Waals surface area contributed by atoms with E-state index in [9.17, 15) is 19.5 Å². The van der Waals surface area contributed by atoms with Crippen LogP contribution in [-0.2, 0) is 23.9 Å². The van der Waals surface area contributed by atoms with Gasteiger partial charge >= 0.3 is 17.9 Å². The molecule has 1 N–H and O–H groups in total. The van der Waals surface area contributed by atoms with Gasteiger partial charge in [0.05, 0.1) is 5.92 Å². The van der Waals surface area contributed by atoms with Gasteiger partial charge in [0.15, 0.2) is 0 Å². The molecular weight excluding hydrogens is 300 g/mol. The fourth-order valence-electron chi connectivity index (χ4n) is 2.95. The molecular formula is C17H20O6. The number of ether oxygens (including phenoxy) is 2. The van der Waals surface area contributed by atoms with Crippen LogP contribution in [0.25, 0.3) is 0 Å². The van der Waals surface area contributed by atoms with Crippen LogP contribution in [0.15, 0.2) is 35.5 Å². The van der Waals surface area contributed by atoms with E-state index in [0.29, 0.717) is 12.8 Å². The van der Waals surface area contributed by atoms with Crippen LogP contribution in [0.4, 0.5) is 0 Å². The number of carbonyl (C=O) groups is 3. The maximum Gasteiger partial charge on any atom is 0.334 e. The SMILES string of the molecule is C=C1C(=O)OC2C=C(C)CCC=C(C(=O)O)CC(OC(C)=O)C12. The molecule has 1 aliphatic carbocycles. The number of esters is 2. The third-order valence-corrected chi connectivity index (χ3v) is 4.05. The van der Waals surface area contributed by atoms with Crippen molar-refractivity contribution < 1.29 is 29.0 Å². The normalized spacial score (nSPS) is 28.2. The summed E-state index contributed by atoms with van der Waals surface area (Å²) in [5.74, 6) is -2.72. The van der Waals surface area contributed by atoms with Gasteiger partial charge < -0.3 is 14.6 Å². The highest BCUT2D eigenvalue weighted by atomic mass is 16.6. The molecule has 0 spiro atoms. The molecule has 6 nitrogen and oxygen atoms in total. The topological polar surface area (TPSA) is 89.9 Å². The molecule has 0 bridgehead atoms. The van der Waals surface area contributed by atoms with Crippen molar-refractivity contribution in [2.45, 2.75) is 45.3 Å². The molecule has 0 aromatic carbocycles. The monoisotopic (exact) mass is 320 g/mol. The van der Waals surface area contributed by atoms with Crippen LogP contribution >= 0.6 is 0 Å². The molecule has 124 valence electrons. The summed E-state index contributed by atoms with van der Waals surface area (Å²) in [4.78, 5) is 34.7. The molecule has 0 amide bonds. The molecule has 1 saturated heterocycles. The number of aliphatic carboxylic acids is 1. The molecule has 0 aromatic rings. The minimum absolute atomic E-state index is 0.0125. The van der Waals surface area contributed by atoms with Gasteiger partial charge in [0.25, 0.3) is 0 Å². The fraction of sp³-hybridized carbons (Fsp3) is 0.471. The summed E-state index contributed by atoms with van der Waals surface area (Å²) < 4.78 is 10.6. The Morgan fingerprint density at radius 1 is 1.43 bits per heavy atom. The van der Waals surface area contributed by atoms with Crippen molar-refractivity contribution in [2.24, 2.45) is 5.92 Å². The predicted molar refractivity (Wildman–Crippen MR) is 81.4 cm³/mol. The zero-order valence-corrected chi connectivity index (χ0v) is 13.2. The van der Waals surface area contributed by atoms with Gasteiger partial charge in [-0.15, -0.1) is 0 Å². The van der Waals surface area contributed by atoms with Gasteiger partial charge in [0, 0.05) is 24.5 Å². The number of hydrogen-bond donors (Lipinski definition) is 1. The van der Waals surface area contributed by atoms with Crippen LogP contribution < -0.4 is 0 Å². The lowest BCUT2D eigenvalue weighted by molar-refractivity contribution is -0.150. The first-order chi connectivity index (χ1) is 10.8. The van der Waals surface area contributed by atoms with Crippen molar-refractivity contribution in [1.82, 2.24) is 0 Å². The lowest BCUT2D eigenvalue weighted by atomic mass is 9.85. The van der Waals surface area contributed by atoms with E-state index in [-0.39, 0.29) is 17.6 Å². The standard InChI is InChI=1S/C17H20O6/c1-9-5-4-6-12(16(19)20)8-14(22-11(3)18)15-10(2)17(21)23-13(15)7-9/h6-7,13-15H,2,4-5,8H2,1,3H3,(H,19,20). The van der Waals surface area contributed by atoms with Crippen LogP contribution in [0.3, 0.4) is 0 Å². The van der Waals surface area contributed by atoms with Crippen molar-refractivity contribution in [1.29, 1.82) is 0 Å². The van der Waals surface area contributed by atoms with Crippen LogP contribution in [0.5, 0.6) is 0 Å². The number of fused-ring (bicyclic) bond motifs is 1. The van der Waals surface area contributed by atoms with Gasteiger partial charge in [0.1, 0.15) is 12.2 Å². The highest BCUT2D eigenvalue weighted by Gasteiger charge is 2.44. The molecule has 0 aromatic heterocycles. The molecule has 1 aliphatic heterocycles. The molecule has 3 unspecified atom stereocenters. The molecule has 23 heavy (non-hydrogen) atoms. The number of carboxylic acids is 1. The average molecular weight is 320 g/mol. The van der Waals surface area contributed by atoms with E-state index in [2.05, 4.69) is 6.58 Å². The van der Waals surface area contributed by atoms with Crippen molar-refractivity contribution in [3.8, 4) is 0 Å². The first-order valence-corrected chi connectivity index (χ1v) is 7.46. The largest absolute Gasteiger partial charge is 0.478 e. The van der Waals surface area contributed by atoms with E-state index < -0.39 is 36.0 Å². The molecule has 3 atom stereocenters. The van der Waals surface area contributed by atoms with Gasteiger partial charge in [-0.2, -0.15) is 0 Å². The third-order valence-electron chi connectivity index (χ3n) is 4.05. The highest BCUT2D eigenvalue weighted by Crippen LogP contribution is 2.36. The zero-order valence-electron chi connectivity index (χ0n) is 13.2. The second kappa shape index (κ2) is 6.81. The second-order valence-electron chi connectivity index (χ2n) is 5.86. The maximum absolute atomic E-state index is 11.9. The summed E-state index contributed by atoms with van der Waals surface area (Å²) >= 11 is 0. The summed E-state index contributed by atoms with van der Waals surface area (Å²) in [5.41, 5.74) is 1.35. The number of carbonyl (C=O) groups excluding carboxylic acids is 2. The van der Waals surface area contributed by atoms with E-state index >= 15 is 0 Å². The zero-order chi connectivity index (χ0) is 17.1. The lowest BCUT2D eigenvalue weighted by Crippen LogP contribution is -2.33. The maximum atomic E-state index is 11.9. The van der Waals surface area contributed by atoms with E-state index in [0.717, 1.165) is 5.57 Å². The minimum Gasteiger partial charge on any atom is -0.478 e. The van der Waals surface area contributed by atoms with Crippen molar-refractivity contribution in [3.05, 3.63) is 35.5 Å². The molecule has 0 radical (unpaired) electrons. The Hall–Kier alpha value is -2.37. The summed E-state index contributed by atoms with van der Waals surface area (Å²) in [5, 5.41) is 9.35. The van der Waals surface area contributed by atoms with Crippen LogP contribution in [0.1, 0.15) is 33.1 Å². The number of allylic oxidation sites excluding steroid dienone is 2. The molecule has 0 saturated carbocycles. The quantitative estimate of drug-likeness (QED) is 0.476. The third kappa shape index (κ3) is 3.88. The summed E-state index contributed by atoms with van der Waals surface area (Å²) in [6.07, 6.45) is 3.31. The molecule has 2 aliphatic rings. The van der Waals surface area contributed by atoms with E-state index in [1.807, 2.05) is 13.0 Å². The first-order valence-electron chi connectivity index (χ1n) is 7.46. The summed E-state index contributed by atoms with van der Waals surface area (Å²) in [6, 6.07) is 0. The van der Waals surface area contributed by atoms with Crippen LogP contribution in [0.2, 0.25) is 0 Å². The van der Waals surface area contributed by atoms with Crippen LogP contribution in [-0.4, -0.2) is 35.2 Å². The summed E-state index contributed by atoms with van der Waals surface area (Å²) in [7, 11) is 0. The van der Waals surface area contributed by atoms with E-state index in [4.69, 9.17) is 9.47 Å². The highest BCUT2D eigenvalue weighted by molar-refractivity contribution is 5.91. The number of hydrogen-bond acceptors (Lipinski definition) is 5. The molecule has 2 rings (SSSR count). The Balaban J connectivity index is 2.45. The van der Waals surface area contributed by atoms with E-state index in [1.54, 1.807) is 6.08 Å². The molecule has 6 heteroatoms. The first kappa shape index (κ1) is 17.0. The van der Waals surface area contributed by atoms with Gasteiger partial charge in [0.2, 0.25) is 0 Å². The second-order valence-corrected chi connectivity index (χ2v) is 5.86. The predicted octanol–water partition coefficient (Wildman–Crippen LogP) is 2.16. The fourth-order valence-corrected chi connectivity index (χ4v) is 2.95. The smallest absolute Gasteiger partial charge is 0.334 e. The molecule has 1 fully saturated rings. The lowest BCUT2D eigenvalue weighted by Gasteiger charge is -2.26. The summed E-state index contributed by atoms with van der Waals surface area (Å²) in [6.45, 7) is 6.88. The van der Waals surface area contributed by atoms with Gasteiger partial charge in [-0.3, -0.25) is 4.79 Å². The van der Waals surface area contributed by atoms with Crippen molar-refractivity contribution in [2.75, 3.05) is 0 Å². The Morgan fingerprint density at radius 3 is 2.74 bits per heavy atom. The Labute approximate surface area is 134 Å². The number of rotatable bonds is 2.